The average Bonchev–Trinajstić information content (AvgIpc) is 2.69. The molecule has 0 saturated heterocycles. The average molecular weight is 199 g/mol. The number of ether oxygens (including phenoxy) is 1. The molecule has 1 aromatic rings. The number of aryl methyl sites for hydroxylation is 1. The van der Waals surface area contributed by atoms with E-state index >= 15 is 0 Å². The van der Waals surface area contributed by atoms with Crippen LogP contribution in [0.15, 0.2) is 12.7 Å². The first-order valence-electron chi connectivity index (χ1n) is 4.42. The molecule has 1 heterocycles. The number of esters is 1. The van der Waals surface area contributed by atoms with Crippen molar-refractivity contribution < 1.29 is 14.6 Å². The monoisotopic (exact) mass is 199 g/mol. The molecule has 0 aliphatic rings. The third kappa shape index (κ3) is 3.99. The van der Waals surface area contributed by atoms with Gasteiger partial charge in [-0.2, -0.15) is 5.10 Å². The Morgan fingerprint density at radius 3 is 3.00 bits per heavy atom. The Hall–Kier alpha value is -1.43. The van der Waals surface area contributed by atoms with Gasteiger partial charge in [0.1, 0.15) is 19.3 Å². The van der Waals surface area contributed by atoms with Crippen LogP contribution in [0.2, 0.25) is 0 Å². The second-order valence-corrected chi connectivity index (χ2v) is 2.74. The first kappa shape index (κ1) is 10.6. The highest BCUT2D eigenvalue weighted by Gasteiger charge is 1.98. The Bertz CT molecular complexity index is 261. The molecule has 1 N–H and O–H groups in total. The van der Waals surface area contributed by atoms with Gasteiger partial charge in [-0.05, 0) is 12.8 Å². The molecule has 6 heteroatoms. The lowest BCUT2D eigenvalue weighted by atomic mass is 10.3. The van der Waals surface area contributed by atoms with Crippen LogP contribution in [0.5, 0.6) is 0 Å². The molecule has 0 atom stereocenters. The fraction of sp³-hybridized carbons (Fsp3) is 0.625. The number of nitrogens with zero attached hydrogens (tertiary/aromatic N) is 3. The Morgan fingerprint density at radius 1 is 1.50 bits per heavy atom. The molecule has 1 aromatic heterocycles. The van der Waals surface area contributed by atoms with Gasteiger partial charge in [-0.1, -0.05) is 0 Å². The van der Waals surface area contributed by atoms with Gasteiger partial charge in [-0.3, -0.25) is 4.68 Å². The topological polar surface area (TPSA) is 77.2 Å². The molecule has 0 aliphatic heterocycles. The van der Waals surface area contributed by atoms with Crippen molar-refractivity contribution in [2.24, 2.45) is 0 Å². The Balaban J connectivity index is 1.97. The maximum Gasteiger partial charge on any atom is 0.331 e. The molecule has 0 bridgehead atoms. The number of aromatic nitrogens is 3. The van der Waals surface area contributed by atoms with Crippen LogP contribution < -0.4 is 0 Å². The van der Waals surface area contributed by atoms with Crippen LogP contribution in [0, 0.1) is 0 Å². The first-order valence-corrected chi connectivity index (χ1v) is 4.42. The number of hydrogen-bond donors (Lipinski definition) is 1. The lowest BCUT2D eigenvalue weighted by Crippen LogP contribution is -2.10. The molecule has 0 unspecified atom stereocenters. The smallest absolute Gasteiger partial charge is 0.331 e. The molecule has 14 heavy (non-hydrogen) atoms. The van der Waals surface area contributed by atoms with E-state index in [0.29, 0.717) is 6.61 Å². The fourth-order valence-corrected chi connectivity index (χ4v) is 0.956. The van der Waals surface area contributed by atoms with Crippen molar-refractivity contribution in [2.45, 2.75) is 19.4 Å². The highest BCUT2D eigenvalue weighted by molar-refractivity contribution is 5.70. The normalized spacial score (nSPS) is 10.1. The van der Waals surface area contributed by atoms with Crippen LogP contribution in [0.4, 0.5) is 0 Å². The number of hydrogen-bond acceptors (Lipinski definition) is 5. The highest BCUT2D eigenvalue weighted by atomic mass is 16.5. The van der Waals surface area contributed by atoms with Crippen molar-refractivity contribution in [3.05, 3.63) is 12.7 Å². The van der Waals surface area contributed by atoms with Crippen molar-refractivity contribution in [2.75, 3.05) is 13.2 Å². The summed E-state index contributed by atoms with van der Waals surface area (Å²) in [6.45, 7) is 0.549. The van der Waals surface area contributed by atoms with Crippen LogP contribution in [-0.2, 0) is 16.1 Å². The van der Waals surface area contributed by atoms with E-state index in [1.165, 1.54) is 6.33 Å². The summed E-state index contributed by atoms with van der Waals surface area (Å²) in [6.07, 6.45) is 4.74. The van der Waals surface area contributed by atoms with Gasteiger partial charge in [0.15, 0.2) is 0 Å². The Kier molecular flexibility index (Phi) is 4.63. The standard InChI is InChI=1S/C8H13N3O3/c12-5-8(13)14-4-2-1-3-11-7-9-6-10-11/h6-7,12H,1-5H2. The lowest BCUT2D eigenvalue weighted by molar-refractivity contribution is -0.147. The number of aliphatic hydroxyl groups excluding tert-OH is 1. The van der Waals surface area contributed by atoms with Crippen LogP contribution in [0.25, 0.3) is 0 Å². The van der Waals surface area contributed by atoms with Gasteiger partial charge in [-0.15, -0.1) is 0 Å². The summed E-state index contributed by atoms with van der Waals surface area (Å²) in [7, 11) is 0. The maximum atomic E-state index is 10.5. The van der Waals surface area contributed by atoms with E-state index in [-0.39, 0.29) is 0 Å². The minimum absolute atomic E-state index is 0.341. The molecule has 0 aromatic carbocycles. The van der Waals surface area contributed by atoms with E-state index in [4.69, 9.17) is 5.11 Å². The van der Waals surface area contributed by atoms with Crippen LogP contribution in [0.3, 0.4) is 0 Å². The molecule has 0 radical (unpaired) electrons. The van der Waals surface area contributed by atoms with E-state index in [1.54, 1.807) is 11.0 Å². The maximum absolute atomic E-state index is 10.5. The molecule has 0 amide bonds. The minimum atomic E-state index is -0.578. The second-order valence-electron chi connectivity index (χ2n) is 2.74. The summed E-state index contributed by atoms with van der Waals surface area (Å²) in [5.74, 6) is -0.578. The van der Waals surface area contributed by atoms with E-state index in [1.807, 2.05) is 0 Å². The van der Waals surface area contributed by atoms with E-state index in [0.717, 1.165) is 19.4 Å². The van der Waals surface area contributed by atoms with Crippen molar-refractivity contribution in [1.82, 2.24) is 14.8 Å². The van der Waals surface area contributed by atoms with E-state index in [9.17, 15) is 4.79 Å². The van der Waals surface area contributed by atoms with Gasteiger partial charge in [0.25, 0.3) is 0 Å². The third-order valence-electron chi connectivity index (χ3n) is 1.64. The SMILES string of the molecule is O=C(CO)OCCCCn1cncn1. The lowest BCUT2D eigenvalue weighted by Gasteiger charge is -2.02. The highest BCUT2D eigenvalue weighted by Crippen LogP contribution is 1.94. The van der Waals surface area contributed by atoms with Crippen molar-refractivity contribution in [1.29, 1.82) is 0 Å². The number of rotatable bonds is 6. The largest absolute Gasteiger partial charge is 0.464 e. The van der Waals surface area contributed by atoms with Gasteiger partial charge in [-0.25, -0.2) is 9.78 Å². The van der Waals surface area contributed by atoms with Crippen molar-refractivity contribution in [3.8, 4) is 0 Å². The second kappa shape index (κ2) is 6.09. The van der Waals surface area contributed by atoms with Crippen molar-refractivity contribution in [3.63, 3.8) is 0 Å². The number of carbonyl (C=O) groups excluding carboxylic acids is 1. The van der Waals surface area contributed by atoms with Gasteiger partial charge in [0, 0.05) is 6.54 Å². The number of carbonyl (C=O) groups is 1. The number of unbranched alkanes of at least 4 members (excludes halogenated alkanes) is 1. The molecule has 0 spiro atoms. The Morgan fingerprint density at radius 2 is 2.36 bits per heavy atom. The summed E-state index contributed by atoms with van der Waals surface area (Å²) in [4.78, 5) is 14.3. The molecule has 0 saturated carbocycles. The van der Waals surface area contributed by atoms with Gasteiger partial charge in [0.2, 0.25) is 0 Å². The summed E-state index contributed by atoms with van der Waals surface area (Å²) in [5.41, 5.74) is 0. The van der Waals surface area contributed by atoms with Gasteiger partial charge < -0.3 is 9.84 Å². The molecule has 0 aliphatic carbocycles. The van der Waals surface area contributed by atoms with Crippen LogP contribution >= 0.6 is 0 Å². The third-order valence-corrected chi connectivity index (χ3v) is 1.64. The predicted octanol–water partition coefficient (Wildman–Crippen LogP) is -0.406. The summed E-state index contributed by atoms with van der Waals surface area (Å²) in [6, 6.07) is 0. The van der Waals surface area contributed by atoms with E-state index < -0.39 is 12.6 Å². The van der Waals surface area contributed by atoms with Gasteiger partial charge in [0.05, 0.1) is 6.61 Å². The zero-order chi connectivity index (χ0) is 10.2. The summed E-state index contributed by atoms with van der Waals surface area (Å²) >= 11 is 0. The van der Waals surface area contributed by atoms with Crippen LogP contribution in [0.1, 0.15) is 12.8 Å². The molecule has 0 fully saturated rings. The minimum Gasteiger partial charge on any atom is -0.464 e. The van der Waals surface area contributed by atoms with Crippen molar-refractivity contribution >= 4 is 5.97 Å². The summed E-state index contributed by atoms with van der Waals surface area (Å²) < 4.78 is 6.39. The molecule has 1 rings (SSSR count). The van der Waals surface area contributed by atoms with E-state index in [2.05, 4.69) is 14.8 Å². The quantitative estimate of drug-likeness (QED) is 0.498. The Labute approximate surface area is 81.5 Å². The molecular weight excluding hydrogens is 186 g/mol. The fourth-order valence-electron chi connectivity index (χ4n) is 0.956. The predicted molar refractivity (Wildman–Crippen MR) is 47.3 cm³/mol. The zero-order valence-electron chi connectivity index (χ0n) is 7.80. The first-order chi connectivity index (χ1) is 6.83. The molecule has 78 valence electrons. The zero-order valence-corrected chi connectivity index (χ0v) is 7.80. The molecular formula is C8H13N3O3. The van der Waals surface area contributed by atoms with Crippen LogP contribution in [-0.4, -0.2) is 39.1 Å². The molecule has 6 nitrogen and oxygen atoms in total. The summed E-state index contributed by atoms with van der Waals surface area (Å²) in [5, 5.41) is 12.3. The number of aliphatic hydroxyl groups is 1. The van der Waals surface area contributed by atoms with Gasteiger partial charge >= 0.3 is 5.97 Å².